The van der Waals surface area contributed by atoms with Crippen molar-refractivity contribution >= 4 is 40.1 Å². The number of nitrogens with zero attached hydrogens (tertiary/aromatic N) is 3. The van der Waals surface area contributed by atoms with Gasteiger partial charge in [-0.25, -0.2) is 9.78 Å². The SMILES string of the molecule is CC(C)(C)OC(=O)N1CCCC1CCOc1cc(NC(=O)c2cccnc2Nc2ccc3cn[nH]c3c2)ccc1C(C)(C)C. The fourth-order valence-corrected chi connectivity index (χ4v) is 5.38. The minimum absolute atomic E-state index is 0.0660. The van der Waals surface area contributed by atoms with Crippen LogP contribution in [-0.4, -0.2) is 56.9 Å². The number of pyridine rings is 1. The first-order valence-electron chi connectivity index (χ1n) is 15.1. The molecule has 0 aliphatic carbocycles. The number of carbonyl (C=O) groups is 2. The first kappa shape index (κ1) is 30.8. The molecule has 2 aromatic carbocycles. The van der Waals surface area contributed by atoms with Gasteiger partial charge in [-0.2, -0.15) is 5.10 Å². The van der Waals surface area contributed by atoms with Gasteiger partial charge in [-0.1, -0.05) is 26.8 Å². The van der Waals surface area contributed by atoms with Crippen molar-refractivity contribution in [1.82, 2.24) is 20.1 Å². The molecule has 1 atom stereocenters. The van der Waals surface area contributed by atoms with E-state index in [9.17, 15) is 9.59 Å². The molecule has 0 saturated carbocycles. The predicted octanol–water partition coefficient (Wildman–Crippen LogP) is 7.42. The number of rotatable bonds is 8. The number of ether oxygens (including phenoxy) is 2. The van der Waals surface area contributed by atoms with Crippen molar-refractivity contribution in [2.45, 2.75) is 77.9 Å². The smallest absolute Gasteiger partial charge is 0.410 e. The Hall–Kier alpha value is -4.60. The quantitative estimate of drug-likeness (QED) is 0.193. The Labute approximate surface area is 258 Å². The highest BCUT2D eigenvalue weighted by molar-refractivity contribution is 6.08. The second kappa shape index (κ2) is 12.6. The zero-order valence-electron chi connectivity index (χ0n) is 26.4. The van der Waals surface area contributed by atoms with Gasteiger partial charge in [0, 0.05) is 48.0 Å². The minimum atomic E-state index is -0.533. The van der Waals surface area contributed by atoms with Crippen molar-refractivity contribution in [2.75, 3.05) is 23.8 Å². The van der Waals surface area contributed by atoms with Crippen LogP contribution in [0.4, 0.5) is 22.0 Å². The second-order valence-corrected chi connectivity index (χ2v) is 13.2. The third-order valence-corrected chi connectivity index (χ3v) is 7.52. The molecule has 1 fully saturated rings. The number of aromatic nitrogens is 3. The molecule has 10 heteroatoms. The lowest BCUT2D eigenvalue weighted by atomic mass is 9.86. The maximum absolute atomic E-state index is 13.5. The van der Waals surface area contributed by atoms with Crippen molar-refractivity contribution < 1.29 is 19.1 Å². The number of fused-ring (bicyclic) bond motifs is 1. The number of H-pyrrole nitrogens is 1. The van der Waals surface area contributed by atoms with E-state index in [2.05, 4.69) is 46.6 Å². The molecule has 44 heavy (non-hydrogen) atoms. The standard InChI is InChI=1S/C34H42N6O4/c1-33(2,3)27-14-13-24(20-29(27)43-18-15-25-9-8-17-40(25)32(42)44-34(4,5)6)38-31(41)26-10-7-16-35-30(26)37-23-12-11-22-21-36-39-28(22)19-23/h7,10-14,16,19-21,25H,8-9,15,17-18H2,1-6H3,(H,35,37)(H,36,39)(H,38,41). The fourth-order valence-electron chi connectivity index (χ4n) is 5.38. The number of likely N-dealkylation sites (tertiary alicyclic amines) is 1. The van der Waals surface area contributed by atoms with Crippen molar-refractivity contribution in [3.8, 4) is 5.75 Å². The molecule has 0 radical (unpaired) electrons. The molecule has 1 aliphatic rings. The number of benzene rings is 2. The number of hydrogen-bond acceptors (Lipinski definition) is 7. The van der Waals surface area contributed by atoms with Crippen LogP contribution in [0.25, 0.3) is 10.9 Å². The molecular formula is C34H42N6O4. The van der Waals surface area contributed by atoms with Gasteiger partial charge >= 0.3 is 6.09 Å². The summed E-state index contributed by atoms with van der Waals surface area (Å²) in [5, 5.41) is 14.3. The molecule has 4 aromatic rings. The Bertz CT molecular complexity index is 1630. The van der Waals surface area contributed by atoms with E-state index in [1.54, 1.807) is 24.5 Å². The molecular weight excluding hydrogens is 556 g/mol. The minimum Gasteiger partial charge on any atom is -0.493 e. The number of anilines is 3. The largest absolute Gasteiger partial charge is 0.493 e. The summed E-state index contributed by atoms with van der Waals surface area (Å²) in [6, 6.07) is 15.1. The van der Waals surface area contributed by atoms with Crippen molar-refractivity contribution in [3.05, 3.63) is 72.1 Å². The molecule has 1 saturated heterocycles. The maximum Gasteiger partial charge on any atom is 0.410 e. The van der Waals surface area contributed by atoms with Crippen LogP contribution in [0.15, 0.2) is 60.9 Å². The van der Waals surface area contributed by atoms with E-state index >= 15 is 0 Å². The third-order valence-electron chi connectivity index (χ3n) is 7.52. The van der Waals surface area contributed by atoms with Crippen molar-refractivity contribution in [1.29, 1.82) is 0 Å². The Kier molecular flexibility index (Phi) is 8.80. The lowest BCUT2D eigenvalue weighted by Gasteiger charge is -2.29. The van der Waals surface area contributed by atoms with Gasteiger partial charge in [-0.05, 0) is 81.0 Å². The van der Waals surface area contributed by atoms with Crippen LogP contribution in [0.2, 0.25) is 0 Å². The van der Waals surface area contributed by atoms with E-state index in [-0.39, 0.29) is 23.5 Å². The van der Waals surface area contributed by atoms with E-state index in [0.29, 0.717) is 42.4 Å². The first-order valence-corrected chi connectivity index (χ1v) is 15.1. The van der Waals surface area contributed by atoms with E-state index in [4.69, 9.17) is 9.47 Å². The number of aromatic amines is 1. The Morgan fingerprint density at radius 3 is 2.61 bits per heavy atom. The van der Waals surface area contributed by atoms with Gasteiger partial charge < -0.3 is 25.0 Å². The molecule has 232 valence electrons. The van der Waals surface area contributed by atoms with Crippen LogP contribution < -0.4 is 15.4 Å². The van der Waals surface area contributed by atoms with Crippen molar-refractivity contribution in [2.24, 2.45) is 0 Å². The molecule has 2 aromatic heterocycles. The van der Waals surface area contributed by atoms with Gasteiger partial charge in [0.1, 0.15) is 17.2 Å². The van der Waals surface area contributed by atoms with Gasteiger partial charge in [0.25, 0.3) is 5.91 Å². The molecule has 3 N–H and O–H groups in total. The van der Waals surface area contributed by atoms with Gasteiger partial charge in [0.2, 0.25) is 0 Å². The number of amides is 2. The molecule has 1 aliphatic heterocycles. The fraction of sp³-hybridized carbons (Fsp3) is 0.412. The Morgan fingerprint density at radius 2 is 1.84 bits per heavy atom. The summed E-state index contributed by atoms with van der Waals surface area (Å²) in [6.45, 7) is 13.2. The third kappa shape index (κ3) is 7.48. The highest BCUT2D eigenvalue weighted by atomic mass is 16.6. The molecule has 0 bridgehead atoms. The summed E-state index contributed by atoms with van der Waals surface area (Å²) in [5.41, 5.74) is 3.01. The zero-order valence-corrected chi connectivity index (χ0v) is 26.4. The first-order chi connectivity index (χ1) is 20.9. The normalized spacial score (nSPS) is 15.3. The molecule has 1 unspecified atom stereocenters. The number of carbonyl (C=O) groups excluding carboxylic acids is 2. The zero-order chi connectivity index (χ0) is 31.5. The maximum atomic E-state index is 13.5. The van der Waals surface area contributed by atoms with Gasteiger partial charge in [0.05, 0.1) is 23.9 Å². The van der Waals surface area contributed by atoms with Gasteiger partial charge in [0.15, 0.2) is 0 Å². The number of nitrogens with one attached hydrogen (secondary N) is 3. The van der Waals surface area contributed by atoms with Crippen molar-refractivity contribution in [3.63, 3.8) is 0 Å². The molecule has 3 heterocycles. The van der Waals surface area contributed by atoms with Crippen LogP contribution in [0.5, 0.6) is 5.75 Å². The topological polar surface area (TPSA) is 121 Å². The highest BCUT2D eigenvalue weighted by Gasteiger charge is 2.32. The van der Waals surface area contributed by atoms with E-state index in [1.165, 1.54) is 0 Å². The van der Waals surface area contributed by atoms with Crippen LogP contribution in [0.1, 0.15) is 76.7 Å². The monoisotopic (exact) mass is 598 g/mol. The lowest BCUT2D eigenvalue weighted by Crippen LogP contribution is -2.40. The number of hydrogen-bond donors (Lipinski definition) is 3. The second-order valence-electron chi connectivity index (χ2n) is 13.2. The average Bonchev–Trinajstić information content (AvgIpc) is 3.61. The highest BCUT2D eigenvalue weighted by Crippen LogP contribution is 2.34. The predicted molar refractivity (Wildman–Crippen MR) is 173 cm³/mol. The summed E-state index contributed by atoms with van der Waals surface area (Å²) in [5.74, 6) is 0.851. The molecule has 10 nitrogen and oxygen atoms in total. The summed E-state index contributed by atoms with van der Waals surface area (Å²) in [7, 11) is 0. The van der Waals surface area contributed by atoms with Gasteiger partial charge in [-0.3, -0.25) is 9.89 Å². The van der Waals surface area contributed by atoms with E-state index in [1.807, 2.05) is 62.1 Å². The van der Waals surface area contributed by atoms with E-state index < -0.39 is 5.60 Å². The lowest BCUT2D eigenvalue weighted by molar-refractivity contribution is 0.0211. The molecule has 5 rings (SSSR count). The summed E-state index contributed by atoms with van der Waals surface area (Å²) in [6.07, 6.45) is 5.69. The van der Waals surface area contributed by atoms with Crippen LogP contribution in [0.3, 0.4) is 0 Å². The Morgan fingerprint density at radius 1 is 1.05 bits per heavy atom. The van der Waals surface area contributed by atoms with Crippen LogP contribution >= 0.6 is 0 Å². The summed E-state index contributed by atoms with van der Waals surface area (Å²) >= 11 is 0. The molecule has 0 spiro atoms. The van der Waals surface area contributed by atoms with Gasteiger partial charge in [-0.15, -0.1) is 0 Å². The Balaban J connectivity index is 1.28. The molecule has 2 amide bonds. The van der Waals surface area contributed by atoms with E-state index in [0.717, 1.165) is 35.0 Å². The summed E-state index contributed by atoms with van der Waals surface area (Å²) < 4.78 is 12.0. The van der Waals surface area contributed by atoms with Crippen LogP contribution in [-0.2, 0) is 10.2 Å². The summed E-state index contributed by atoms with van der Waals surface area (Å²) in [4.78, 5) is 32.5. The van der Waals surface area contributed by atoms with Crippen LogP contribution in [0, 0.1) is 0 Å². The average molecular weight is 599 g/mol.